The number of nitrogens with two attached hydrogens (primary N) is 1. The largest absolute Gasteiger partial charge is 0.480 e. The minimum atomic E-state index is -4.30. The van der Waals surface area contributed by atoms with Crippen LogP contribution in [0.4, 0.5) is 20.2 Å². The zero-order valence-corrected chi connectivity index (χ0v) is 21.1. The van der Waals surface area contributed by atoms with Crippen LogP contribution in [0.3, 0.4) is 0 Å². The average molecular weight is 559 g/mol. The summed E-state index contributed by atoms with van der Waals surface area (Å²) in [7, 11) is -4.30. The Labute approximate surface area is 222 Å². The van der Waals surface area contributed by atoms with Crippen molar-refractivity contribution < 1.29 is 36.7 Å². The number of hydrogen-bond donors (Lipinski definition) is 5. The van der Waals surface area contributed by atoms with E-state index in [1.165, 1.54) is 36.4 Å². The Bertz CT molecular complexity index is 1500. The van der Waals surface area contributed by atoms with Gasteiger partial charge in [-0.1, -0.05) is 12.1 Å². The van der Waals surface area contributed by atoms with Gasteiger partial charge < -0.3 is 21.5 Å². The number of amides is 2. The van der Waals surface area contributed by atoms with Crippen LogP contribution in [0.5, 0.6) is 0 Å². The molecule has 0 spiro atoms. The quantitative estimate of drug-likeness (QED) is 0.238. The summed E-state index contributed by atoms with van der Waals surface area (Å²) in [5, 5.41) is 14.3. The molecule has 3 aromatic carbocycles. The number of sulfonamides is 1. The van der Waals surface area contributed by atoms with Gasteiger partial charge in [-0.15, -0.1) is 0 Å². The van der Waals surface area contributed by atoms with Gasteiger partial charge in [-0.25, -0.2) is 22.0 Å². The van der Waals surface area contributed by atoms with Crippen molar-refractivity contribution in [2.45, 2.75) is 36.2 Å². The van der Waals surface area contributed by atoms with Gasteiger partial charge in [0, 0.05) is 23.7 Å². The molecule has 1 aliphatic carbocycles. The van der Waals surface area contributed by atoms with E-state index in [1.807, 2.05) is 4.72 Å². The lowest BCUT2D eigenvalue weighted by Crippen LogP contribution is -2.43. The maximum absolute atomic E-state index is 14.8. The number of benzene rings is 3. The van der Waals surface area contributed by atoms with Crippen molar-refractivity contribution in [3.63, 3.8) is 0 Å². The Morgan fingerprint density at radius 2 is 1.54 bits per heavy atom. The zero-order chi connectivity index (χ0) is 28.3. The molecule has 2 amide bonds. The number of carboxylic acids is 1. The average Bonchev–Trinajstić information content (AvgIpc) is 3.68. The van der Waals surface area contributed by atoms with E-state index in [0.717, 1.165) is 12.8 Å². The molecule has 6 N–H and O–H groups in total. The van der Waals surface area contributed by atoms with E-state index in [4.69, 9.17) is 5.73 Å². The predicted octanol–water partition coefficient (Wildman–Crippen LogP) is 2.67. The molecule has 0 heterocycles. The van der Waals surface area contributed by atoms with Gasteiger partial charge >= 0.3 is 5.97 Å². The first-order valence-corrected chi connectivity index (χ1v) is 13.2. The summed E-state index contributed by atoms with van der Waals surface area (Å²) in [4.78, 5) is 36.0. The normalized spacial score (nSPS) is 13.8. The first-order chi connectivity index (χ1) is 18.4. The van der Waals surface area contributed by atoms with Gasteiger partial charge in [0.25, 0.3) is 21.8 Å². The predicted molar refractivity (Wildman–Crippen MR) is 138 cm³/mol. The maximum Gasteiger partial charge on any atom is 0.326 e. The number of nitrogens with one attached hydrogen (secondary N) is 3. The summed E-state index contributed by atoms with van der Waals surface area (Å²) in [5.41, 5.74) is 5.23. The van der Waals surface area contributed by atoms with Gasteiger partial charge in [0.2, 0.25) is 0 Å². The van der Waals surface area contributed by atoms with Gasteiger partial charge in [-0.2, -0.15) is 0 Å². The van der Waals surface area contributed by atoms with E-state index in [0.29, 0.717) is 23.4 Å². The fourth-order valence-corrected chi connectivity index (χ4v) is 4.71. The lowest BCUT2D eigenvalue weighted by atomic mass is 10.0. The smallest absolute Gasteiger partial charge is 0.326 e. The Hall–Kier alpha value is -4.52. The molecule has 1 aliphatic rings. The molecule has 1 saturated carbocycles. The second-order valence-corrected chi connectivity index (χ2v) is 10.7. The Morgan fingerprint density at radius 1 is 0.949 bits per heavy atom. The summed E-state index contributed by atoms with van der Waals surface area (Å²) in [6, 6.07) is 11.0. The summed E-state index contributed by atoms with van der Waals surface area (Å²) in [5.74, 6) is -5.92. The molecular weight excluding hydrogens is 534 g/mol. The van der Waals surface area contributed by atoms with Crippen molar-refractivity contribution in [2.24, 2.45) is 0 Å². The number of hydrogen-bond acceptors (Lipinski definition) is 6. The lowest BCUT2D eigenvalue weighted by Gasteiger charge is -2.16. The fraction of sp³-hybridized carbons (Fsp3) is 0.192. The molecule has 0 unspecified atom stereocenters. The van der Waals surface area contributed by atoms with Crippen molar-refractivity contribution in [3.05, 3.63) is 89.0 Å². The molecule has 13 heteroatoms. The minimum Gasteiger partial charge on any atom is -0.480 e. The second-order valence-electron chi connectivity index (χ2n) is 9.00. The van der Waals surface area contributed by atoms with E-state index < -0.39 is 50.8 Å². The van der Waals surface area contributed by atoms with Crippen LogP contribution in [0, 0.1) is 11.6 Å². The van der Waals surface area contributed by atoms with E-state index in [9.17, 15) is 36.7 Å². The van der Waals surface area contributed by atoms with Crippen molar-refractivity contribution in [3.8, 4) is 0 Å². The molecule has 0 radical (unpaired) electrons. The monoisotopic (exact) mass is 558 g/mol. The highest BCUT2D eigenvalue weighted by molar-refractivity contribution is 7.92. The molecular formula is C26H24F2N4O6S. The zero-order valence-electron chi connectivity index (χ0n) is 20.3. The van der Waals surface area contributed by atoms with Gasteiger partial charge in [-0.3, -0.25) is 14.3 Å². The third-order valence-electron chi connectivity index (χ3n) is 5.88. The molecule has 3 aromatic rings. The van der Waals surface area contributed by atoms with Crippen molar-refractivity contribution in [2.75, 3.05) is 10.5 Å². The number of nitrogen functional groups attached to an aromatic ring is 1. The Kier molecular flexibility index (Phi) is 7.81. The van der Waals surface area contributed by atoms with Crippen molar-refractivity contribution >= 4 is 39.2 Å². The van der Waals surface area contributed by atoms with Crippen molar-refractivity contribution in [1.82, 2.24) is 10.6 Å². The molecule has 1 atom stereocenters. The summed E-state index contributed by atoms with van der Waals surface area (Å²) in [6.07, 6.45) is 1.60. The highest BCUT2D eigenvalue weighted by Gasteiger charge is 2.27. The van der Waals surface area contributed by atoms with Gasteiger partial charge in [0.05, 0.1) is 10.6 Å². The highest BCUT2D eigenvalue weighted by atomic mass is 32.2. The van der Waals surface area contributed by atoms with Crippen LogP contribution in [0.15, 0.2) is 65.6 Å². The molecule has 4 rings (SSSR count). The Balaban J connectivity index is 1.47. The standard InChI is InChI=1S/C26H24F2N4O6S/c27-20-12-18(32-39(37,38)19-9-3-15(4-10-19)24(33)30-17-7-8-17)13-21(28)23(20)25(34)31-22(26(35)36)11-14-1-5-16(29)6-2-14/h1-6,9-10,12-13,17,22,32H,7-8,11,29H2,(H,30,33)(H,31,34)(H,35,36)/t22-/m0/s1. The van der Waals surface area contributed by atoms with Crippen LogP contribution in [0.2, 0.25) is 0 Å². The molecule has 0 aliphatic heterocycles. The van der Waals surface area contributed by atoms with Crippen LogP contribution in [0.25, 0.3) is 0 Å². The number of carbonyl (C=O) groups excluding carboxylic acids is 2. The highest BCUT2D eigenvalue weighted by Crippen LogP contribution is 2.23. The number of rotatable bonds is 10. The summed E-state index contributed by atoms with van der Waals surface area (Å²) in [6.45, 7) is 0. The number of aliphatic carboxylic acids is 1. The van der Waals surface area contributed by atoms with Crippen LogP contribution >= 0.6 is 0 Å². The molecule has 0 saturated heterocycles. The maximum atomic E-state index is 14.8. The molecule has 0 aromatic heterocycles. The van der Waals surface area contributed by atoms with E-state index in [2.05, 4.69) is 10.6 Å². The van der Waals surface area contributed by atoms with Gasteiger partial charge in [0.15, 0.2) is 0 Å². The van der Waals surface area contributed by atoms with Gasteiger partial charge in [-0.05, 0) is 66.9 Å². The second kappa shape index (κ2) is 11.1. The first kappa shape index (κ1) is 27.5. The lowest BCUT2D eigenvalue weighted by molar-refractivity contribution is -0.139. The van der Waals surface area contributed by atoms with E-state index in [1.54, 1.807) is 12.1 Å². The molecule has 204 valence electrons. The molecule has 1 fully saturated rings. The molecule has 39 heavy (non-hydrogen) atoms. The number of carbonyl (C=O) groups is 3. The van der Waals surface area contributed by atoms with Crippen LogP contribution in [-0.4, -0.2) is 43.4 Å². The number of carboxylic acid groups (broad SMARTS) is 1. The molecule has 0 bridgehead atoms. The van der Waals surface area contributed by atoms with E-state index in [-0.39, 0.29) is 28.8 Å². The summed E-state index contributed by atoms with van der Waals surface area (Å²) >= 11 is 0. The van der Waals surface area contributed by atoms with Crippen LogP contribution in [0.1, 0.15) is 39.1 Å². The molecule has 10 nitrogen and oxygen atoms in total. The first-order valence-electron chi connectivity index (χ1n) is 11.7. The minimum absolute atomic E-state index is 0.121. The van der Waals surface area contributed by atoms with Crippen LogP contribution in [-0.2, 0) is 21.2 Å². The third-order valence-corrected chi connectivity index (χ3v) is 7.28. The van der Waals surface area contributed by atoms with Crippen LogP contribution < -0.4 is 21.1 Å². The Morgan fingerprint density at radius 3 is 2.08 bits per heavy atom. The van der Waals surface area contributed by atoms with Crippen molar-refractivity contribution in [1.29, 1.82) is 0 Å². The SMILES string of the molecule is Nc1ccc(C[C@H](NC(=O)c2c(F)cc(NS(=O)(=O)c3ccc(C(=O)NC4CC4)cc3)cc2F)C(=O)O)cc1. The summed E-state index contributed by atoms with van der Waals surface area (Å²) < 4.78 is 57.0. The van der Waals surface area contributed by atoms with E-state index >= 15 is 0 Å². The number of anilines is 2. The fourth-order valence-electron chi connectivity index (χ4n) is 3.66. The third kappa shape index (κ3) is 6.87. The topological polar surface area (TPSA) is 168 Å². The number of halogens is 2. The van der Waals surface area contributed by atoms with Gasteiger partial charge in [0.1, 0.15) is 23.2 Å².